The first kappa shape index (κ1) is 14.1. The lowest BCUT2D eigenvalue weighted by atomic mass is 10.1. The van der Waals surface area contributed by atoms with Crippen molar-refractivity contribution in [3.63, 3.8) is 0 Å². The third-order valence-electron chi connectivity index (χ3n) is 2.88. The van der Waals surface area contributed by atoms with Gasteiger partial charge in [0.1, 0.15) is 0 Å². The number of carbonyl (C=O) groups excluding carboxylic acids is 1. The second kappa shape index (κ2) is 6.73. The molecule has 0 spiro atoms. The second-order valence-corrected chi connectivity index (χ2v) is 5.91. The normalized spacial score (nSPS) is 10.4. The summed E-state index contributed by atoms with van der Waals surface area (Å²) in [7, 11) is 0. The molecule has 0 aliphatic rings. The molecule has 2 nitrogen and oxygen atoms in total. The number of hydrogen-bond acceptors (Lipinski definition) is 2. The van der Waals surface area contributed by atoms with Crippen LogP contribution in [0.4, 0.5) is 5.69 Å². The van der Waals surface area contributed by atoms with Gasteiger partial charge in [0.25, 0.3) is 0 Å². The molecule has 1 aromatic carbocycles. The molecule has 0 saturated carbocycles. The van der Waals surface area contributed by atoms with Gasteiger partial charge >= 0.3 is 0 Å². The molecule has 0 saturated heterocycles. The van der Waals surface area contributed by atoms with E-state index in [0.29, 0.717) is 11.4 Å². The number of benzene rings is 1. The molecule has 100 valence electrons. The Labute approximate surface area is 122 Å². The highest BCUT2D eigenvalue weighted by Crippen LogP contribution is 2.20. The molecule has 1 N–H and O–H groups in total. The van der Waals surface area contributed by atoms with E-state index in [2.05, 4.69) is 16.8 Å². The molecule has 1 amide bonds. The second-order valence-electron chi connectivity index (χ2n) is 4.44. The van der Waals surface area contributed by atoms with E-state index < -0.39 is 0 Å². The molecule has 0 unspecified atom stereocenters. The van der Waals surface area contributed by atoms with Crippen LogP contribution in [0.15, 0.2) is 35.7 Å². The lowest BCUT2D eigenvalue weighted by Gasteiger charge is -2.08. The van der Waals surface area contributed by atoms with E-state index in [9.17, 15) is 4.79 Å². The van der Waals surface area contributed by atoms with Crippen LogP contribution in [0, 0.1) is 6.92 Å². The standard InChI is InChI=1S/C15H16ClNOS/c1-11-7-8-12(16)10-14(11)17-15(18)6-2-4-13-5-3-9-19-13/h3,5,7-10H,2,4,6H2,1H3,(H,17,18). The Bertz CT molecular complexity index is 551. The quantitative estimate of drug-likeness (QED) is 0.852. The van der Waals surface area contributed by atoms with Gasteiger partial charge in [0, 0.05) is 22.0 Å². The lowest BCUT2D eigenvalue weighted by molar-refractivity contribution is -0.116. The Morgan fingerprint density at radius 1 is 1.37 bits per heavy atom. The fourth-order valence-electron chi connectivity index (χ4n) is 1.82. The molecule has 0 aliphatic carbocycles. The minimum atomic E-state index is 0.0434. The molecule has 1 aromatic heterocycles. The van der Waals surface area contributed by atoms with Crippen molar-refractivity contribution in [3.05, 3.63) is 51.2 Å². The fraction of sp³-hybridized carbons (Fsp3) is 0.267. The maximum Gasteiger partial charge on any atom is 0.224 e. The van der Waals surface area contributed by atoms with Gasteiger partial charge in [-0.25, -0.2) is 0 Å². The molecule has 2 aromatic rings. The minimum Gasteiger partial charge on any atom is -0.326 e. The summed E-state index contributed by atoms with van der Waals surface area (Å²) in [6, 6.07) is 9.65. The SMILES string of the molecule is Cc1ccc(Cl)cc1NC(=O)CCCc1cccs1. The van der Waals surface area contributed by atoms with E-state index in [0.717, 1.165) is 24.1 Å². The maximum atomic E-state index is 11.9. The Morgan fingerprint density at radius 2 is 2.21 bits per heavy atom. The number of hydrogen-bond donors (Lipinski definition) is 1. The summed E-state index contributed by atoms with van der Waals surface area (Å²) in [4.78, 5) is 13.2. The summed E-state index contributed by atoms with van der Waals surface area (Å²) >= 11 is 7.66. The van der Waals surface area contributed by atoms with E-state index in [-0.39, 0.29) is 5.91 Å². The number of halogens is 1. The monoisotopic (exact) mass is 293 g/mol. The summed E-state index contributed by atoms with van der Waals surface area (Å²) in [5, 5.41) is 5.61. The molecule has 2 rings (SSSR count). The first-order valence-electron chi connectivity index (χ1n) is 6.23. The Morgan fingerprint density at radius 3 is 2.95 bits per heavy atom. The number of rotatable bonds is 5. The Kier molecular flexibility index (Phi) is 5.00. The Balaban J connectivity index is 1.82. The summed E-state index contributed by atoms with van der Waals surface area (Å²) in [6.07, 6.45) is 2.36. The predicted molar refractivity (Wildman–Crippen MR) is 82.1 cm³/mol. The molecular formula is C15H16ClNOS. The van der Waals surface area contributed by atoms with Crippen LogP contribution in [0.5, 0.6) is 0 Å². The van der Waals surface area contributed by atoms with E-state index in [1.807, 2.05) is 25.1 Å². The van der Waals surface area contributed by atoms with Crippen LogP contribution < -0.4 is 5.32 Å². The van der Waals surface area contributed by atoms with Crippen molar-refractivity contribution in [2.24, 2.45) is 0 Å². The summed E-state index contributed by atoms with van der Waals surface area (Å²) in [5.74, 6) is 0.0434. The smallest absolute Gasteiger partial charge is 0.224 e. The van der Waals surface area contributed by atoms with Gasteiger partial charge in [-0.2, -0.15) is 0 Å². The van der Waals surface area contributed by atoms with E-state index >= 15 is 0 Å². The van der Waals surface area contributed by atoms with Crippen molar-refractivity contribution in [2.45, 2.75) is 26.2 Å². The molecule has 4 heteroatoms. The highest BCUT2D eigenvalue weighted by molar-refractivity contribution is 7.09. The van der Waals surface area contributed by atoms with Crippen molar-refractivity contribution in [3.8, 4) is 0 Å². The predicted octanol–water partition coefficient (Wildman–Crippen LogP) is 4.67. The lowest BCUT2D eigenvalue weighted by Crippen LogP contribution is -2.12. The average molecular weight is 294 g/mol. The molecule has 19 heavy (non-hydrogen) atoms. The number of thiophene rings is 1. The summed E-state index contributed by atoms with van der Waals surface area (Å²) in [5.41, 5.74) is 1.82. The molecule has 0 aliphatic heterocycles. The van der Waals surface area contributed by atoms with Crippen LogP contribution >= 0.6 is 22.9 Å². The van der Waals surface area contributed by atoms with Gasteiger partial charge in [-0.05, 0) is 48.9 Å². The molecule has 0 bridgehead atoms. The van der Waals surface area contributed by atoms with Gasteiger partial charge in [-0.1, -0.05) is 23.7 Å². The van der Waals surface area contributed by atoms with Crippen molar-refractivity contribution in [1.82, 2.24) is 0 Å². The molecule has 0 atom stereocenters. The van der Waals surface area contributed by atoms with Crippen molar-refractivity contribution < 1.29 is 4.79 Å². The zero-order chi connectivity index (χ0) is 13.7. The first-order valence-corrected chi connectivity index (χ1v) is 7.49. The number of anilines is 1. The van der Waals surface area contributed by atoms with E-state index in [1.54, 1.807) is 17.4 Å². The highest BCUT2D eigenvalue weighted by atomic mass is 35.5. The zero-order valence-corrected chi connectivity index (χ0v) is 12.4. The minimum absolute atomic E-state index is 0.0434. The third-order valence-corrected chi connectivity index (χ3v) is 4.05. The molecular weight excluding hydrogens is 278 g/mol. The number of amides is 1. The summed E-state index contributed by atoms with van der Waals surface area (Å²) < 4.78 is 0. The molecule has 1 heterocycles. The van der Waals surface area contributed by atoms with Gasteiger partial charge in [0.05, 0.1) is 0 Å². The van der Waals surface area contributed by atoms with Crippen LogP contribution in [0.2, 0.25) is 5.02 Å². The highest BCUT2D eigenvalue weighted by Gasteiger charge is 2.05. The maximum absolute atomic E-state index is 11.9. The largest absolute Gasteiger partial charge is 0.326 e. The van der Waals surface area contributed by atoms with Crippen molar-refractivity contribution in [1.29, 1.82) is 0 Å². The number of carbonyl (C=O) groups is 1. The van der Waals surface area contributed by atoms with Gasteiger partial charge in [0.2, 0.25) is 5.91 Å². The van der Waals surface area contributed by atoms with Crippen LogP contribution in [0.1, 0.15) is 23.3 Å². The van der Waals surface area contributed by atoms with Gasteiger partial charge in [-0.3, -0.25) is 4.79 Å². The number of aryl methyl sites for hydroxylation is 2. The van der Waals surface area contributed by atoms with Gasteiger partial charge in [-0.15, -0.1) is 11.3 Å². The molecule has 0 fully saturated rings. The van der Waals surface area contributed by atoms with Crippen LogP contribution in [0.3, 0.4) is 0 Å². The first-order chi connectivity index (χ1) is 9.15. The number of nitrogens with one attached hydrogen (secondary N) is 1. The van der Waals surface area contributed by atoms with Gasteiger partial charge in [0.15, 0.2) is 0 Å². The van der Waals surface area contributed by atoms with E-state index in [1.165, 1.54) is 4.88 Å². The average Bonchev–Trinajstić information content (AvgIpc) is 2.87. The fourth-order valence-corrected chi connectivity index (χ4v) is 2.74. The van der Waals surface area contributed by atoms with Crippen molar-refractivity contribution in [2.75, 3.05) is 5.32 Å². The van der Waals surface area contributed by atoms with Gasteiger partial charge < -0.3 is 5.32 Å². The summed E-state index contributed by atoms with van der Waals surface area (Å²) in [6.45, 7) is 1.96. The zero-order valence-electron chi connectivity index (χ0n) is 10.8. The van der Waals surface area contributed by atoms with E-state index in [4.69, 9.17) is 11.6 Å². The van der Waals surface area contributed by atoms with Crippen LogP contribution in [-0.4, -0.2) is 5.91 Å². The van der Waals surface area contributed by atoms with Crippen LogP contribution in [-0.2, 0) is 11.2 Å². The van der Waals surface area contributed by atoms with Crippen LogP contribution in [0.25, 0.3) is 0 Å². The molecule has 0 radical (unpaired) electrons. The van der Waals surface area contributed by atoms with Crippen molar-refractivity contribution >= 4 is 34.5 Å². The third kappa shape index (κ3) is 4.37. The Hall–Kier alpha value is -1.32. The topological polar surface area (TPSA) is 29.1 Å².